The molecular weight excluding hydrogens is 424 g/mol. The van der Waals surface area contributed by atoms with E-state index >= 15 is 0 Å². The number of aliphatic hydroxyl groups is 1. The van der Waals surface area contributed by atoms with Gasteiger partial charge in [0.2, 0.25) is 0 Å². The van der Waals surface area contributed by atoms with Crippen LogP contribution in [0.2, 0.25) is 0 Å². The lowest BCUT2D eigenvalue weighted by Crippen LogP contribution is -2.55. The Morgan fingerprint density at radius 1 is 1.00 bits per heavy atom. The molecule has 0 aromatic rings. The number of fused-ring (bicyclic) bond motifs is 5. The van der Waals surface area contributed by atoms with Crippen molar-refractivity contribution in [3.8, 4) is 0 Å². The van der Waals surface area contributed by atoms with E-state index in [9.17, 15) is 9.90 Å². The molecule has 4 fully saturated rings. The van der Waals surface area contributed by atoms with E-state index < -0.39 is 5.60 Å². The molecule has 0 aliphatic heterocycles. The van der Waals surface area contributed by atoms with E-state index in [0.29, 0.717) is 23.4 Å². The summed E-state index contributed by atoms with van der Waals surface area (Å²) in [6.07, 6.45) is 12.1. The summed E-state index contributed by atoms with van der Waals surface area (Å²) >= 11 is 0. The van der Waals surface area contributed by atoms with Crippen LogP contribution in [0.25, 0.3) is 0 Å². The summed E-state index contributed by atoms with van der Waals surface area (Å²) < 4.78 is 5.32. The number of amides is 1. The minimum absolute atomic E-state index is 0.0504. The van der Waals surface area contributed by atoms with Crippen molar-refractivity contribution in [2.24, 2.45) is 40.4 Å². The summed E-state index contributed by atoms with van der Waals surface area (Å²) in [5.74, 6) is 4.13. The Balaban J connectivity index is 1.28. The number of carbonyl (C=O) groups is 1. The molecule has 3 N–H and O–H groups in total. The van der Waals surface area contributed by atoms with E-state index in [-0.39, 0.29) is 12.2 Å². The first-order valence-electron chi connectivity index (χ1n) is 14.3. The van der Waals surface area contributed by atoms with Gasteiger partial charge in [-0.1, -0.05) is 13.8 Å². The van der Waals surface area contributed by atoms with Crippen LogP contribution in [0.3, 0.4) is 0 Å². The summed E-state index contributed by atoms with van der Waals surface area (Å²) in [6, 6.07) is 0.518. The molecule has 34 heavy (non-hydrogen) atoms. The van der Waals surface area contributed by atoms with Gasteiger partial charge in [-0.15, -0.1) is 0 Å². The predicted octanol–water partition coefficient (Wildman–Crippen LogP) is 5.90. The molecule has 4 aliphatic carbocycles. The fourth-order valence-electron chi connectivity index (χ4n) is 9.16. The molecule has 0 spiro atoms. The third kappa shape index (κ3) is 5.16. The second kappa shape index (κ2) is 9.92. The third-order valence-electron chi connectivity index (χ3n) is 10.8. The number of ether oxygens (including phenoxy) is 1. The van der Waals surface area contributed by atoms with Gasteiger partial charge in [-0.2, -0.15) is 0 Å². The van der Waals surface area contributed by atoms with Gasteiger partial charge in [-0.25, -0.2) is 4.79 Å². The smallest absolute Gasteiger partial charge is 0.407 e. The van der Waals surface area contributed by atoms with Crippen molar-refractivity contribution in [2.75, 3.05) is 13.1 Å². The van der Waals surface area contributed by atoms with Gasteiger partial charge in [0.1, 0.15) is 5.60 Å². The van der Waals surface area contributed by atoms with Crippen molar-refractivity contribution < 1.29 is 14.6 Å². The molecule has 5 heteroatoms. The molecule has 0 saturated heterocycles. The minimum Gasteiger partial charge on any atom is -0.444 e. The van der Waals surface area contributed by atoms with Crippen molar-refractivity contribution in [2.45, 2.75) is 123 Å². The Morgan fingerprint density at radius 3 is 2.44 bits per heavy atom. The molecule has 0 radical (unpaired) electrons. The van der Waals surface area contributed by atoms with Crippen LogP contribution in [-0.4, -0.2) is 42.0 Å². The second-order valence-electron chi connectivity index (χ2n) is 13.8. The Morgan fingerprint density at radius 2 is 1.71 bits per heavy atom. The van der Waals surface area contributed by atoms with Crippen molar-refractivity contribution >= 4 is 6.09 Å². The first-order chi connectivity index (χ1) is 15.9. The van der Waals surface area contributed by atoms with Crippen LogP contribution in [0.5, 0.6) is 0 Å². The predicted molar refractivity (Wildman–Crippen MR) is 138 cm³/mol. The molecule has 9 unspecified atom stereocenters. The number of hydrogen-bond acceptors (Lipinski definition) is 4. The number of hydrogen-bond donors (Lipinski definition) is 3. The van der Waals surface area contributed by atoms with Gasteiger partial charge in [0.15, 0.2) is 0 Å². The van der Waals surface area contributed by atoms with Crippen LogP contribution in [0, 0.1) is 40.4 Å². The third-order valence-corrected chi connectivity index (χ3v) is 10.8. The minimum atomic E-state index is -0.445. The molecule has 1 amide bonds. The van der Waals surface area contributed by atoms with E-state index in [2.05, 4.69) is 31.4 Å². The molecule has 0 heterocycles. The summed E-state index contributed by atoms with van der Waals surface area (Å²) in [5, 5.41) is 17.0. The van der Waals surface area contributed by atoms with Crippen molar-refractivity contribution in [1.82, 2.24) is 10.6 Å². The highest BCUT2D eigenvalue weighted by atomic mass is 16.6. The van der Waals surface area contributed by atoms with E-state index in [1.165, 1.54) is 44.9 Å². The molecule has 9 atom stereocenters. The lowest BCUT2D eigenvalue weighted by atomic mass is 9.44. The number of carbonyl (C=O) groups excluding carboxylic acids is 1. The molecule has 0 aromatic carbocycles. The fraction of sp³-hybridized carbons (Fsp3) is 0.966. The molecular formula is C29H52N2O3. The Bertz CT molecular complexity index is 721. The van der Waals surface area contributed by atoms with Crippen molar-refractivity contribution in [3.05, 3.63) is 0 Å². The van der Waals surface area contributed by atoms with Crippen LogP contribution in [0.4, 0.5) is 4.79 Å². The Labute approximate surface area is 208 Å². The maximum absolute atomic E-state index is 11.8. The van der Waals surface area contributed by atoms with Crippen LogP contribution in [-0.2, 0) is 4.74 Å². The molecule has 4 aliphatic rings. The average Bonchev–Trinajstić information content (AvgIpc) is 3.10. The van der Waals surface area contributed by atoms with Crippen LogP contribution in [0.15, 0.2) is 0 Å². The van der Waals surface area contributed by atoms with Gasteiger partial charge in [0.25, 0.3) is 0 Å². The standard InChI is InChI=1S/C29H52N2O3/c1-19(30-16-7-17-31-26(33)34-27(2,3)4)23-10-11-24-22-9-8-20-18-21(32)12-14-28(20,5)25(22)13-15-29(23,24)6/h19-25,30,32H,7-18H2,1-6H3,(H,31,33). The van der Waals surface area contributed by atoms with E-state index in [1.54, 1.807) is 0 Å². The first kappa shape index (κ1) is 26.3. The SMILES string of the molecule is CC(NCCCNC(=O)OC(C)(C)C)C1CCC2C3CCC4CC(O)CCC4(C)C3CCC12C. The van der Waals surface area contributed by atoms with Gasteiger partial charge >= 0.3 is 6.09 Å². The van der Waals surface area contributed by atoms with Crippen LogP contribution < -0.4 is 10.6 Å². The average molecular weight is 477 g/mol. The Hall–Kier alpha value is -0.810. The van der Waals surface area contributed by atoms with Gasteiger partial charge in [0, 0.05) is 12.6 Å². The van der Waals surface area contributed by atoms with Gasteiger partial charge in [0.05, 0.1) is 6.10 Å². The van der Waals surface area contributed by atoms with Crippen molar-refractivity contribution in [1.29, 1.82) is 0 Å². The zero-order chi connectivity index (χ0) is 24.7. The molecule has 4 rings (SSSR count). The number of rotatable bonds is 6. The van der Waals surface area contributed by atoms with E-state index in [1.807, 2.05) is 20.8 Å². The summed E-state index contributed by atoms with van der Waals surface area (Å²) in [4.78, 5) is 11.8. The van der Waals surface area contributed by atoms with Gasteiger partial charge in [-0.05, 0) is 139 Å². The summed E-state index contributed by atoms with van der Waals surface area (Å²) in [7, 11) is 0. The van der Waals surface area contributed by atoms with Crippen LogP contribution in [0.1, 0.15) is 106 Å². The molecule has 196 valence electrons. The maximum Gasteiger partial charge on any atom is 0.407 e. The summed E-state index contributed by atoms with van der Waals surface area (Å²) in [6.45, 7) is 14.9. The highest BCUT2D eigenvalue weighted by molar-refractivity contribution is 5.67. The zero-order valence-corrected chi connectivity index (χ0v) is 22.8. The number of aliphatic hydroxyl groups excluding tert-OH is 1. The van der Waals surface area contributed by atoms with E-state index in [4.69, 9.17) is 4.74 Å². The lowest BCUT2D eigenvalue weighted by Gasteiger charge is -2.61. The van der Waals surface area contributed by atoms with Gasteiger partial charge < -0.3 is 20.5 Å². The highest BCUT2D eigenvalue weighted by Crippen LogP contribution is 2.67. The second-order valence-corrected chi connectivity index (χ2v) is 13.8. The van der Waals surface area contributed by atoms with Gasteiger partial charge in [-0.3, -0.25) is 0 Å². The van der Waals surface area contributed by atoms with Crippen LogP contribution >= 0.6 is 0 Å². The topological polar surface area (TPSA) is 70.6 Å². The molecule has 4 saturated carbocycles. The normalized spacial score (nSPS) is 42.8. The molecule has 0 aromatic heterocycles. The summed E-state index contributed by atoms with van der Waals surface area (Å²) in [5.41, 5.74) is 0.478. The molecule has 5 nitrogen and oxygen atoms in total. The maximum atomic E-state index is 11.8. The fourth-order valence-corrected chi connectivity index (χ4v) is 9.16. The highest BCUT2D eigenvalue weighted by Gasteiger charge is 2.60. The Kier molecular flexibility index (Phi) is 7.66. The first-order valence-corrected chi connectivity index (χ1v) is 14.3. The number of alkyl carbamates (subject to hydrolysis) is 1. The molecule has 0 bridgehead atoms. The van der Waals surface area contributed by atoms with Crippen molar-refractivity contribution in [3.63, 3.8) is 0 Å². The largest absolute Gasteiger partial charge is 0.444 e. The quantitative estimate of drug-likeness (QED) is 0.418. The monoisotopic (exact) mass is 476 g/mol. The lowest BCUT2D eigenvalue weighted by molar-refractivity contribution is -0.127. The number of nitrogens with one attached hydrogen (secondary N) is 2. The zero-order valence-electron chi connectivity index (χ0n) is 22.8. The van der Waals surface area contributed by atoms with E-state index in [0.717, 1.165) is 55.4 Å².